The van der Waals surface area contributed by atoms with Crippen molar-refractivity contribution in [1.82, 2.24) is 18.8 Å². The molecule has 0 bridgehead atoms. The lowest BCUT2D eigenvalue weighted by Gasteiger charge is -2.34. The molecule has 0 aliphatic carbocycles. The highest BCUT2D eigenvalue weighted by molar-refractivity contribution is 7.88. The smallest absolute Gasteiger partial charge is 0.253 e. The molecule has 1 fully saturated rings. The number of benzene rings is 3. The summed E-state index contributed by atoms with van der Waals surface area (Å²) >= 11 is 0. The molecule has 1 saturated heterocycles. The minimum absolute atomic E-state index is 0.0216. The van der Waals surface area contributed by atoms with Crippen molar-refractivity contribution in [2.45, 2.75) is 5.75 Å². The molecule has 7 nitrogen and oxygen atoms in total. The maximum absolute atomic E-state index is 13.0. The lowest BCUT2D eigenvalue weighted by molar-refractivity contribution is 0.0698. The maximum Gasteiger partial charge on any atom is 0.253 e. The summed E-state index contributed by atoms with van der Waals surface area (Å²) in [4.78, 5) is 19.1. The molecule has 0 N–H and O–H groups in total. The predicted molar refractivity (Wildman–Crippen MR) is 128 cm³/mol. The summed E-state index contributed by atoms with van der Waals surface area (Å²) in [6.07, 6.45) is 1.77. The Bertz CT molecular complexity index is 1370. The molecule has 0 radical (unpaired) electrons. The van der Waals surface area contributed by atoms with Gasteiger partial charge in [0.2, 0.25) is 10.0 Å². The van der Waals surface area contributed by atoms with Crippen LogP contribution in [0.25, 0.3) is 16.7 Å². The quantitative estimate of drug-likeness (QED) is 0.458. The van der Waals surface area contributed by atoms with Crippen molar-refractivity contribution >= 4 is 27.0 Å². The van der Waals surface area contributed by atoms with Crippen molar-refractivity contribution < 1.29 is 13.2 Å². The van der Waals surface area contributed by atoms with E-state index in [-0.39, 0.29) is 11.7 Å². The monoisotopic (exact) mass is 460 g/mol. The van der Waals surface area contributed by atoms with Crippen LogP contribution in [0.3, 0.4) is 0 Å². The number of fused-ring (bicyclic) bond motifs is 1. The molecule has 5 rings (SSSR count). The molecule has 1 amide bonds. The van der Waals surface area contributed by atoms with Crippen molar-refractivity contribution in [3.8, 4) is 5.69 Å². The van der Waals surface area contributed by atoms with E-state index < -0.39 is 10.0 Å². The minimum Gasteiger partial charge on any atom is -0.336 e. The maximum atomic E-state index is 13.0. The number of piperazine rings is 1. The number of sulfonamides is 1. The van der Waals surface area contributed by atoms with Gasteiger partial charge in [-0.15, -0.1) is 0 Å². The Morgan fingerprint density at radius 2 is 1.48 bits per heavy atom. The largest absolute Gasteiger partial charge is 0.336 e. The van der Waals surface area contributed by atoms with Gasteiger partial charge in [0.25, 0.3) is 5.91 Å². The van der Waals surface area contributed by atoms with Crippen molar-refractivity contribution in [3.63, 3.8) is 0 Å². The van der Waals surface area contributed by atoms with Crippen molar-refractivity contribution in [2.75, 3.05) is 26.2 Å². The molecule has 0 unspecified atom stereocenters. The molecule has 1 aromatic heterocycles. The fourth-order valence-corrected chi connectivity index (χ4v) is 5.67. The zero-order valence-electron chi connectivity index (χ0n) is 18.0. The highest BCUT2D eigenvalue weighted by Crippen LogP contribution is 2.20. The Labute approximate surface area is 192 Å². The highest BCUT2D eigenvalue weighted by Gasteiger charge is 2.29. The van der Waals surface area contributed by atoms with Gasteiger partial charge in [-0.1, -0.05) is 42.5 Å². The number of nitrogens with zero attached hydrogens (tertiary/aromatic N) is 4. The Hall–Kier alpha value is -3.49. The molecule has 1 aliphatic rings. The van der Waals surface area contributed by atoms with Crippen molar-refractivity contribution in [2.24, 2.45) is 0 Å². The first-order valence-corrected chi connectivity index (χ1v) is 12.5. The Kier molecular flexibility index (Phi) is 5.70. The first kappa shape index (κ1) is 21.4. The number of carbonyl (C=O) groups excluding carboxylic acids is 1. The standard InChI is InChI=1S/C25H24N4O3S/c30-25(21-10-12-22(13-11-21)29-19-26-23-8-4-5-9-24(23)29)27-14-16-28(17-15-27)33(31,32)18-20-6-2-1-3-7-20/h1-13,19H,14-18H2. The van der Waals surface area contributed by atoms with Gasteiger partial charge in [-0.3, -0.25) is 9.36 Å². The van der Waals surface area contributed by atoms with Gasteiger partial charge in [0, 0.05) is 37.4 Å². The number of hydrogen-bond acceptors (Lipinski definition) is 4. The average molecular weight is 461 g/mol. The van der Waals surface area contributed by atoms with Gasteiger partial charge in [0.05, 0.1) is 16.8 Å². The van der Waals surface area contributed by atoms with E-state index in [0.29, 0.717) is 31.7 Å². The van der Waals surface area contributed by atoms with Gasteiger partial charge in [-0.25, -0.2) is 13.4 Å². The first-order valence-electron chi connectivity index (χ1n) is 10.8. The summed E-state index contributed by atoms with van der Waals surface area (Å²) in [5.74, 6) is -0.108. The molecule has 0 spiro atoms. The summed E-state index contributed by atoms with van der Waals surface area (Å²) in [7, 11) is -3.41. The van der Waals surface area contributed by atoms with Gasteiger partial charge in [0.1, 0.15) is 6.33 Å². The molecule has 1 aliphatic heterocycles. The minimum atomic E-state index is -3.41. The number of hydrogen-bond donors (Lipinski definition) is 0. The van der Waals surface area contributed by atoms with Crippen LogP contribution < -0.4 is 0 Å². The molecule has 4 aromatic rings. The van der Waals surface area contributed by atoms with E-state index in [1.807, 2.05) is 83.4 Å². The fourth-order valence-electron chi connectivity index (χ4n) is 4.16. The summed E-state index contributed by atoms with van der Waals surface area (Å²) in [5.41, 5.74) is 4.20. The SMILES string of the molecule is O=C(c1ccc(-n2cnc3ccccc32)cc1)N1CCN(S(=O)(=O)Cc2ccccc2)CC1. The second-order valence-corrected chi connectivity index (χ2v) is 10.1. The second-order valence-electron chi connectivity index (χ2n) is 8.08. The van der Waals surface area contributed by atoms with E-state index >= 15 is 0 Å². The second kappa shape index (κ2) is 8.80. The molecule has 168 valence electrons. The van der Waals surface area contributed by atoms with E-state index in [9.17, 15) is 13.2 Å². The summed E-state index contributed by atoms with van der Waals surface area (Å²) in [6, 6.07) is 24.5. The lowest BCUT2D eigenvalue weighted by Crippen LogP contribution is -2.50. The van der Waals surface area contributed by atoms with Crippen LogP contribution in [0.5, 0.6) is 0 Å². The van der Waals surface area contributed by atoms with Gasteiger partial charge in [0.15, 0.2) is 0 Å². The van der Waals surface area contributed by atoms with Gasteiger partial charge < -0.3 is 4.90 Å². The number of carbonyl (C=O) groups is 1. The Morgan fingerprint density at radius 3 is 2.21 bits per heavy atom. The zero-order valence-corrected chi connectivity index (χ0v) is 18.9. The van der Waals surface area contributed by atoms with Gasteiger partial charge in [-0.05, 0) is 42.0 Å². The average Bonchev–Trinajstić information content (AvgIpc) is 3.28. The number of imidazole rings is 1. The third-order valence-corrected chi connectivity index (χ3v) is 7.81. The van der Waals surface area contributed by atoms with Crippen LogP contribution in [0, 0.1) is 0 Å². The zero-order chi connectivity index (χ0) is 22.8. The molecule has 2 heterocycles. The van der Waals surface area contributed by atoms with Gasteiger partial charge >= 0.3 is 0 Å². The van der Waals surface area contributed by atoms with Crippen molar-refractivity contribution in [3.05, 3.63) is 96.3 Å². The lowest BCUT2D eigenvalue weighted by atomic mass is 10.1. The van der Waals surface area contributed by atoms with E-state index in [4.69, 9.17) is 0 Å². The van der Waals surface area contributed by atoms with Crippen LogP contribution in [-0.2, 0) is 15.8 Å². The fraction of sp³-hybridized carbons (Fsp3) is 0.200. The molecular weight excluding hydrogens is 436 g/mol. The van der Waals surface area contributed by atoms with E-state index in [1.165, 1.54) is 4.31 Å². The Balaban J connectivity index is 1.24. The van der Waals surface area contributed by atoms with Crippen LogP contribution in [-0.4, -0.2) is 59.3 Å². The number of amides is 1. The number of aromatic nitrogens is 2. The molecule has 0 saturated carbocycles. The molecule has 8 heteroatoms. The van der Waals surface area contributed by atoms with Gasteiger partial charge in [-0.2, -0.15) is 4.31 Å². The van der Waals surface area contributed by atoms with Crippen LogP contribution in [0.4, 0.5) is 0 Å². The van der Waals surface area contributed by atoms with E-state index in [0.717, 1.165) is 22.3 Å². The van der Waals surface area contributed by atoms with Crippen LogP contribution in [0.15, 0.2) is 85.2 Å². The number of rotatable bonds is 5. The molecule has 33 heavy (non-hydrogen) atoms. The first-order chi connectivity index (χ1) is 16.0. The third-order valence-electron chi connectivity index (χ3n) is 5.96. The molecular formula is C25H24N4O3S. The summed E-state index contributed by atoms with van der Waals surface area (Å²) in [5, 5.41) is 0. The van der Waals surface area contributed by atoms with E-state index in [2.05, 4.69) is 4.98 Å². The molecule has 3 aromatic carbocycles. The van der Waals surface area contributed by atoms with Crippen LogP contribution in [0.1, 0.15) is 15.9 Å². The Morgan fingerprint density at radius 1 is 0.818 bits per heavy atom. The van der Waals surface area contributed by atoms with Crippen LogP contribution in [0.2, 0.25) is 0 Å². The summed E-state index contributed by atoms with van der Waals surface area (Å²) in [6.45, 7) is 1.36. The number of para-hydroxylation sites is 2. The van der Waals surface area contributed by atoms with Crippen molar-refractivity contribution in [1.29, 1.82) is 0 Å². The predicted octanol–water partition coefficient (Wildman–Crippen LogP) is 3.31. The normalized spacial score (nSPS) is 15.1. The highest BCUT2D eigenvalue weighted by atomic mass is 32.2. The van der Waals surface area contributed by atoms with E-state index in [1.54, 1.807) is 11.2 Å². The molecule has 0 atom stereocenters. The van der Waals surface area contributed by atoms with Crippen LogP contribution >= 0.6 is 0 Å². The third kappa shape index (κ3) is 4.40. The summed E-state index contributed by atoms with van der Waals surface area (Å²) < 4.78 is 29.0. The topological polar surface area (TPSA) is 75.5 Å².